The van der Waals surface area contributed by atoms with Gasteiger partial charge in [0.15, 0.2) is 6.61 Å². The van der Waals surface area contributed by atoms with E-state index < -0.39 is 5.97 Å². The lowest BCUT2D eigenvalue weighted by Crippen LogP contribution is -2.27. The molecule has 1 aromatic heterocycles. The fourth-order valence-electron chi connectivity index (χ4n) is 2.31. The van der Waals surface area contributed by atoms with E-state index in [1.807, 2.05) is 20.8 Å². The first kappa shape index (κ1) is 17.6. The molecule has 1 heterocycles. The molecule has 0 fully saturated rings. The highest BCUT2D eigenvalue weighted by Gasteiger charge is 2.19. The van der Waals surface area contributed by atoms with Gasteiger partial charge >= 0.3 is 5.97 Å². The Bertz CT molecular complexity index is 702. The lowest BCUT2D eigenvalue weighted by molar-refractivity contribution is -0.139. The summed E-state index contributed by atoms with van der Waals surface area (Å²) in [5, 5.41) is 11.5. The van der Waals surface area contributed by atoms with Crippen LogP contribution in [0.3, 0.4) is 0 Å². The first-order valence-electron chi connectivity index (χ1n) is 7.71. The third-order valence-corrected chi connectivity index (χ3v) is 3.55. The molecule has 128 valence electrons. The summed E-state index contributed by atoms with van der Waals surface area (Å²) in [7, 11) is 0. The van der Waals surface area contributed by atoms with Gasteiger partial charge in [-0.3, -0.25) is 4.79 Å². The smallest absolute Gasteiger partial charge is 0.341 e. The fourth-order valence-corrected chi connectivity index (χ4v) is 2.31. The summed E-state index contributed by atoms with van der Waals surface area (Å²) in [6.07, 6.45) is 1.52. The summed E-state index contributed by atoms with van der Waals surface area (Å²) < 4.78 is 10.5. The lowest BCUT2D eigenvalue weighted by atomic mass is 10.0. The second-order valence-electron chi connectivity index (χ2n) is 5.80. The Labute approximate surface area is 140 Å². The van der Waals surface area contributed by atoms with Crippen LogP contribution in [0.2, 0.25) is 0 Å². The Morgan fingerprint density at radius 2 is 1.83 bits per heavy atom. The molecule has 2 N–H and O–H groups in total. The number of amides is 1. The van der Waals surface area contributed by atoms with Gasteiger partial charge in [0, 0.05) is 5.92 Å². The van der Waals surface area contributed by atoms with Crippen molar-refractivity contribution in [3.05, 3.63) is 53.5 Å². The number of carbonyl (C=O) groups excluding carboxylic acids is 1. The minimum absolute atomic E-state index is 0.127. The molecule has 0 bridgehead atoms. The first-order valence-corrected chi connectivity index (χ1v) is 7.71. The third-order valence-electron chi connectivity index (χ3n) is 3.55. The van der Waals surface area contributed by atoms with Crippen LogP contribution in [-0.2, 0) is 4.79 Å². The number of carbonyl (C=O) groups is 2. The number of hydrogen-bond donors (Lipinski definition) is 2. The number of rotatable bonds is 7. The zero-order valence-corrected chi connectivity index (χ0v) is 13.9. The molecule has 1 amide bonds. The zero-order valence-electron chi connectivity index (χ0n) is 13.9. The summed E-state index contributed by atoms with van der Waals surface area (Å²) in [4.78, 5) is 22.9. The Balaban J connectivity index is 2.01. The van der Waals surface area contributed by atoms with Crippen molar-refractivity contribution < 1.29 is 23.8 Å². The van der Waals surface area contributed by atoms with Crippen LogP contribution in [0.1, 0.15) is 54.4 Å². The van der Waals surface area contributed by atoms with Gasteiger partial charge in [0.05, 0.1) is 17.9 Å². The predicted octanol–water partition coefficient (Wildman–Crippen LogP) is 3.36. The van der Waals surface area contributed by atoms with Crippen molar-refractivity contribution in [2.75, 3.05) is 6.61 Å². The normalized spacial score (nSPS) is 12.0. The molecule has 6 heteroatoms. The molecular formula is C18H21NO5. The number of hydrogen-bond acceptors (Lipinski definition) is 4. The van der Waals surface area contributed by atoms with Crippen molar-refractivity contribution in [1.82, 2.24) is 5.32 Å². The Morgan fingerprint density at radius 3 is 2.42 bits per heavy atom. The topological polar surface area (TPSA) is 88.8 Å². The number of furan rings is 1. The van der Waals surface area contributed by atoms with Gasteiger partial charge in [-0.2, -0.15) is 0 Å². The minimum atomic E-state index is -1.03. The van der Waals surface area contributed by atoms with E-state index in [1.165, 1.54) is 6.26 Å². The van der Waals surface area contributed by atoms with E-state index >= 15 is 0 Å². The molecule has 2 aromatic rings. The molecule has 24 heavy (non-hydrogen) atoms. The number of aliphatic carboxylic acids is 1. The summed E-state index contributed by atoms with van der Waals surface area (Å²) >= 11 is 0. The van der Waals surface area contributed by atoms with Crippen molar-refractivity contribution in [3.63, 3.8) is 0 Å². The number of ether oxygens (including phenoxy) is 1. The molecule has 0 radical (unpaired) electrons. The molecule has 0 saturated heterocycles. The summed E-state index contributed by atoms with van der Waals surface area (Å²) in [6, 6.07) is 8.40. The molecule has 1 aromatic carbocycles. The lowest BCUT2D eigenvalue weighted by Gasteiger charge is -2.15. The zero-order chi connectivity index (χ0) is 17.7. The standard InChI is InChI=1S/C18H21NO5/c1-11(2)17-15(8-9-23-17)18(22)19-12(3)13-4-6-14(7-5-13)24-10-16(20)21/h4-9,11-12H,10H2,1-3H3,(H,19,22)(H,20,21). The Morgan fingerprint density at radius 1 is 1.17 bits per heavy atom. The third kappa shape index (κ3) is 4.38. The Hall–Kier alpha value is -2.76. The van der Waals surface area contributed by atoms with Crippen molar-refractivity contribution in [3.8, 4) is 5.75 Å². The largest absolute Gasteiger partial charge is 0.482 e. The van der Waals surface area contributed by atoms with Crippen LogP contribution >= 0.6 is 0 Å². The first-order chi connectivity index (χ1) is 11.4. The molecule has 2 rings (SSSR count). The molecule has 0 aliphatic rings. The van der Waals surface area contributed by atoms with Crippen LogP contribution < -0.4 is 10.1 Å². The number of nitrogens with one attached hydrogen (secondary N) is 1. The van der Waals surface area contributed by atoms with Gasteiger partial charge in [0.2, 0.25) is 0 Å². The molecule has 1 atom stereocenters. The van der Waals surface area contributed by atoms with Crippen molar-refractivity contribution in [2.45, 2.75) is 32.7 Å². The molecular weight excluding hydrogens is 310 g/mol. The maximum atomic E-state index is 12.4. The van der Waals surface area contributed by atoms with E-state index in [9.17, 15) is 9.59 Å². The monoisotopic (exact) mass is 331 g/mol. The predicted molar refractivity (Wildman–Crippen MR) is 88.3 cm³/mol. The van der Waals surface area contributed by atoms with E-state index in [0.717, 1.165) is 5.56 Å². The quantitative estimate of drug-likeness (QED) is 0.812. The van der Waals surface area contributed by atoms with Gasteiger partial charge in [-0.05, 0) is 30.7 Å². The number of carboxylic acids is 1. The molecule has 0 aliphatic heterocycles. The molecule has 0 aliphatic carbocycles. The van der Waals surface area contributed by atoms with Gasteiger partial charge in [-0.25, -0.2) is 4.79 Å². The van der Waals surface area contributed by atoms with Crippen LogP contribution in [0.4, 0.5) is 0 Å². The van der Waals surface area contributed by atoms with Gasteiger partial charge < -0.3 is 19.6 Å². The number of benzene rings is 1. The van der Waals surface area contributed by atoms with Crippen molar-refractivity contribution >= 4 is 11.9 Å². The van der Waals surface area contributed by atoms with Gasteiger partial charge in [0.25, 0.3) is 5.91 Å². The second-order valence-corrected chi connectivity index (χ2v) is 5.80. The van der Waals surface area contributed by atoms with Crippen LogP contribution in [0.5, 0.6) is 5.75 Å². The van der Waals surface area contributed by atoms with E-state index in [1.54, 1.807) is 30.3 Å². The van der Waals surface area contributed by atoms with Crippen LogP contribution in [-0.4, -0.2) is 23.6 Å². The minimum Gasteiger partial charge on any atom is -0.482 e. The highest BCUT2D eigenvalue weighted by molar-refractivity contribution is 5.95. The molecule has 6 nitrogen and oxygen atoms in total. The van der Waals surface area contributed by atoms with E-state index in [-0.39, 0.29) is 24.5 Å². The number of carboxylic acid groups (broad SMARTS) is 1. The Kier molecular flexibility index (Phi) is 5.63. The van der Waals surface area contributed by atoms with Crippen molar-refractivity contribution in [1.29, 1.82) is 0 Å². The maximum absolute atomic E-state index is 12.4. The molecule has 1 unspecified atom stereocenters. The summed E-state index contributed by atoms with van der Waals surface area (Å²) in [5.41, 5.74) is 1.43. The summed E-state index contributed by atoms with van der Waals surface area (Å²) in [5.74, 6) is 0.0439. The average molecular weight is 331 g/mol. The SMILES string of the molecule is CC(C)c1occc1C(=O)NC(C)c1ccc(OCC(=O)O)cc1. The van der Waals surface area contributed by atoms with E-state index in [2.05, 4.69) is 5.32 Å². The van der Waals surface area contributed by atoms with Crippen LogP contribution in [0, 0.1) is 0 Å². The second kappa shape index (κ2) is 7.68. The highest BCUT2D eigenvalue weighted by Crippen LogP contribution is 2.22. The van der Waals surface area contributed by atoms with Gasteiger partial charge in [-0.1, -0.05) is 26.0 Å². The molecule has 0 saturated carbocycles. The van der Waals surface area contributed by atoms with Gasteiger partial charge in [0.1, 0.15) is 11.5 Å². The van der Waals surface area contributed by atoms with Crippen LogP contribution in [0.15, 0.2) is 41.0 Å². The van der Waals surface area contributed by atoms with Crippen LogP contribution in [0.25, 0.3) is 0 Å². The fraction of sp³-hybridized carbons (Fsp3) is 0.333. The van der Waals surface area contributed by atoms with Crippen molar-refractivity contribution in [2.24, 2.45) is 0 Å². The maximum Gasteiger partial charge on any atom is 0.341 e. The summed E-state index contributed by atoms with van der Waals surface area (Å²) in [6.45, 7) is 5.42. The van der Waals surface area contributed by atoms with Gasteiger partial charge in [-0.15, -0.1) is 0 Å². The average Bonchev–Trinajstić information content (AvgIpc) is 3.03. The molecule has 0 spiro atoms. The van der Waals surface area contributed by atoms with E-state index in [0.29, 0.717) is 17.1 Å². The highest BCUT2D eigenvalue weighted by atomic mass is 16.5. The van der Waals surface area contributed by atoms with E-state index in [4.69, 9.17) is 14.3 Å².